The molecule has 0 aromatic rings. The Morgan fingerprint density at radius 1 is 1.03 bits per heavy atom. The Morgan fingerprint density at radius 2 is 1.82 bits per heavy atom. The van der Waals surface area contributed by atoms with Crippen molar-refractivity contribution in [3.8, 4) is 0 Å². The van der Waals surface area contributed by atoms with E-state index < -0.39 is 19.7 Å². The van der Waals surface area contributed by atoms with Crippen molar-refractivity contribution in [2.24, 2.45) is 28.6 Å². The van der Waals surface area contributed by atoms with Crippen LogP contribution in [0.4, 0.5) is 0 Å². The molecule has 6 nitrogen and oxygen atoms in total. The fraction of sp³-hybridized carbons (Fsp3) is 0.885. The number of hydrogen-bond donors (Lipinski definition) is 0. The molecule has 0 N–H and O–H groups in total. The van der Waals surface area contributed by atoms with E-state index in [1.54, 1.807) is 0 Å². The zero-order chi connectivity index (χ0) is 23.3. The van der Waals surface area contributed by atoms with Crippen molar-refractivity contribution in [1.29, 1.82) is 0 Å². The van der Waals surface area contributed by atoms with Crippen molar-refractivity contribution in [3.05, 3.63) is 11.6 Å². The summed E-state index contributed by atoms with van der Waals surface area (Å²) in [5.41, 5.74) is 0.831. The maximum absolute atomic E-state index is 12.3. The molecule has 4 aliphatic carbocycles. The van der Waals surface area contributed by atoms with Gasteiger partial charge in [-0.05, 0) is 87.4 Å². The number of carbonyl (C=O) groups is 1. The number of ether oxygens (including phenoxy) is 4. The van der Waals surface area contributed by atoms with Gasteiger partial charge < -0.3 is 23.4 Å². The molecule has 0 radical (unpaired) electrons. The lowest BCUT2D eigenvalue weighted by molar-refractivity contribution is -0.256. The SMILES string of the molecule is CC12CCC(=O)C=C1CCC1C2C(O[Si](C)(C)C)CC2(C)C1CC[C@]21OCOC12COCO2. The van der Waals surface area contributed by atoms with Crippen molar-refractivity contribution >= 4 is 14.1 Å². The first-order valence-corrected chi connectivity index (χ1v) is 16.4. The molecule has 184 valence electrons. The lowest BCUT2D eigenvalue weighted by Gasteiger charge is -2.63. The Labute approximate surface area is 198 Å². The summed E-state index contributed by atoms with van der Waals surface area (Å²) in [5, 5.41) is 0. The van der Waals surface area contributed by atoms with Crippen LogP contribution in [0.1, 0.15) is 58.8 Å². The van der Waals surface area contributed by atoms with Crippen molar-refractivity contribution in [3.63, 3.8) is 0 Å². The maximum Gasteiger partial charge on any atom is 0.226 e. The molecular formula is C26H40O6Si. The summed E-state index contributed by atoms with van der Waals surface area (Å²) in [6, 6.07) is 0. The summed E-state index contributed by atoms with van der Waals surface area (Å²) in [6.07, 6.45) is 8.95. The molecule has 6 rings (SSSR count). The summed E-state index contributed by atoms with van der Waals surface area (Å²) in [4.78, 5) is 12.3. The summed E-state index contributed by atoms with van der Waals surface area (Å²) in [7, 11) is -1.81. The highest BCUT2D eigenvalue weighted by Gasteiger charge is 2.77. The van der Waals surface area contributed by atoms with Gasteiger partial charge in [-0.3, -0.25) is 4.79 Å². The van der Waals surface area contributed by atoms with Gasteiger partial charge in [-0.2, -0.15) is 0 Å². The predicted octanol–water partition coefficient (Wildman–Crippen LogP) is 4.79. The highest BCUT2D eigenvalue weighted by Crippen LogP contribution is 2.72. The molecule has 0 amide bonds. The van der Waals surface area contributed by atoms with E-state index in [4.69, 9.17) is 23.4 Å². The molecule has 2 saturated heterocycles. The van der Waals surface area contributed by atoms with Gasteiger partial charge in [0.25, 0.3) is 0 Å². The summed E-state index contributed by atoms with van der Waals surface area (Å²) < 4.78 is 31.8. The molecule has 6 aliphatic rings. The van der Waals surface area contributed by atoms with Gasteiger partial charge in [0.05, 0.1) is 0 Å². The topological polar surface area (TPSA) is 63.2 Å². The average molecular weight is 477 g/mol. The van der Waals surface area contributed by atoms with Crippen LogP contribution in [-0.2, 0) is 28.2 Å². The number of carbonyl (C=O) groups excluding carboxylic acids is 1. The first kappa shape index (κ1) is 22.9. The normalized spacial score (nSPS) is 51.5. The second-order valence-corrected chi connectivity index (χ2v) is 17.4. The van der Waals surface area contributed by atoms with Crippen molar-refractivity contribution < 1.29 is 28.2 Å². The predicted molar refractivity (Wildman–Crippen MR) is 125 cm³/mol. The lowest BCUT2D eigenvalue weighted by atomic mass is 9.45. The molecule has 0 bridgehead atoms. The first-order valence-electron chi connectivity index (χ1n) is 13.0. The Bertz CT molecular complexity index is 869. The molecular weight excluding hydrogens is 436 g/mol. The minimum Gasteiger partial charge on any atom is -0.414 e. The largest absolute Gasteiger partial charge is 0.414 e. The van der Waals surface area contributed by atoms with E-state index in [1.807, 2.05) is 6.08 Å². The van der Waals surface area contributed by atoms with E-state index in [1.165, 1.54) is 5.57 Å². The molecule has 2 spiro atoms. The van der Waals surface area contributed by atoms with Gasteiger partial charge in [-0.1, -0.05) is 19.4 Å². The van der Waals surface area contributed by atoms with Crippen LogP contribution in [0.2, 0.25) is 19.6 Å². The van der Waals surface area contributed by atoms with Gasteiger partial charge in [0, 0.05) is 17.9 Å². The molecule has 33 heavy (non-hydrogen) atoms. The van der Waals surface area contributed by atoms with Crippen LogP contribution in [-0.4, -0.2) is 51.8 Å². The van der Waals surface area contributed by atoms with E-state index in [0.29, 0.717) is 36.6 Å². The van der Waals surface area contributed by atoms with Gasteiger partial charge in [-0.15, -0.1) is 0 Å². The number of rotatable bonds is 2. The number of hydrogen-bond acceptors (Lipinski definition) is 6. The first-order chi connectivity index (χ1) is 15.5. The minimum absolute atomic E-state index is 0.0515. The maximum atomic E-state index is 12.3. The quantitative estimate of drug-likeness (QED) is 0.534. The van der Waals surface area contributed by atoms with E-state index in [0.717, 1.165) is 38.5 Å². The molecule has 7 unspecified atom stereocenters. The van der Waals surface area contributed by atoms with Crippen LogP contribution in [0.25, 0.3) is 0 Å². The summed E-state index contributed by atoms with van der Waals surface area (Å²) >= 11 is 0. The monoisotopic (exact) mass is 476 g/mol. The molecule has 8 atom stereocenters. The summed E-state index contributed by atoms with van der Waals surface area (Å²) in [5.74, 6) is 1.05. The zero-order valence-electron chi connectivity index (χ0n) is 20.9. The van der Waals surface area contributed by atoms with Gasteiger partial charge in [0.1, 0.15) is 12.2 Å². The van der Waals surface area contributed by atoms with E-state index in [-0.39, 0.29) is 30.5 Å². The molecule has 0 aromatic heterocycles. The van der Waals surface area contributed by atoms with Crippen LogP contribution < -0.4 is 0 Å². The van der Waals surface area contributed by atoms with Crippen molar-refractivity contribution in [2.75, 3.05) is 20.2 Å². The van der Waals surface area contributed by atoms with Gasteiger partial charge in [-0.25, -0.2) is 0 Å². The standard InChI is InChI=1S/C26H40O6Si/c1-23-10-8-18(27)12-17(23)6-7-19-20-9-11-25(26(31-16-29-25)14-28-15-30-26)24(20,2)13-21(22(19)23)32-33(3,4)5/h12,19-22H,6-11,13-16H2,1-5H3/t19?,20?,21?,22?,23?,24?,25-,26?/m0/s1. The number of fused-ring (bicyclic) bond motifs is 7. The van der Waals surface area contributed by atoms with Crippen LogP contribution in [0.15, 0.2) is 11.6 Å². The Morgan fingerprint density at radius 3 is 2.55 bits per heavy atom. The van der Waals surface area contributed by atoms with Crippen LogP contribution in [0.5, 0.6) is 0 Å². The van der Waals surface area contributed by atoms with Crippen LogP contribution in [0.3, 0.4) is 0 Å². The highest BCUT2D eigenvalue weighted by molar-refractivity contribution is 6.69. The molecule has 0 aromatic carbocycles. The zero-order valence-corrected chi connectivity index (χ0v) is 21.9. The Kier molecular flexibility index (Phi) is 5.01. The molecule has 2 aliphatic heterocycles. The van der Waals surface area contributed by atoms with E-state index >= 15 is 0 Å². The smallest absolute Gasteiger partial charge is 0.226 e. The Balaban J connectivity index is 1.45. The second-order valence-electron chi connectivity index (χ2n) is 12.9. The second kappa shape index (κ2) is 7.23. The van der Waals surface area contributed by atoms with E-state index in [9.17, 15) is 4.79 Å². The Hall–Kier alpha value is -0.573. The fourth-order valence-corrected chi connectivity index (χ4v) is 10.3. The lowest BCUT2D eigenvalue weighted by Crippen LogP contribution is -2.67. The number of ketones is 1. The van der Waals surface area contributed by atoms with Crippen LogP contribution in [0, 0.1) is 28.6 Å². The highest BCUT2D eigenvalue weighted by atomic mass is 28.4. The van der Waals surface area contributed by atoms with Crippen molar-refractivity contribution in [1.82, 2.24) is 0 Å². The minimum atomic E-state index is -1.81. The van der Waals surface area contributed by atoms with Crippen LogP contribution >= 0.6 is 0 Å². The van der Waals surface area contributed by atoms with Gasteiger partial charge in [0.2, 0.25) is 5.79 Å². The third-order valence-electron chi connectivity index (χ3n) is 10.4. The molecule has 2 heterocycles. The molecule has 5 fully saturated rings. The van der Waals surface area contributed by atoms with E-state index in [2.05, 4.69) is 33.5 Å². The molecule has 3 saturated carbocycles. The fourth-order valence-electron chi connectivity index (χ4n) is 9.19. The molecule has 7 heteroatoms. The summed E-state index contributed by atoms with van der Waals surface area (Å²) in [6.45, 7) is 12.8. The van der Waals surface area contributed by atoms with Crippen molar-refractivity contribution in [2.45, 2.75) is 95.9 Å². The third kappa shape index (κ3) is 2.99. The average Bonchev–Trinajstić information content (AvgIpc) is 3.42. The van der Waals surface area contributed by atoms with Gasteiger partial charge >= 0.3 is 0 Å². The van der Waals surface area contributed by atoms with Gasteiger partial charge in [0.15, 0.2) is 27.7 Å². The number of allylic oxidation sites excluding steroid dienone is 1. The third-order valence-corrected chi connectivity index (χ3v) is 11.4.